The van der Waals surface area contributed by atoms with Crippen LogP contribution in [-0.4, -0.2) is 42.5 Å². The number of pyridine rings is 1. The van der Waals surface area contributed by atoms with Gasteiger partial charge in [0, 0.05) is 23.9 Å². The number of rotatable bonds is 2. The van der Waals surface area contributed by atoms with Gasteiger partial charge in [0.25, 0.3) is 5.91 Å². The lowest BCUT2D eigenvalue weighted by Crippen LogP contribution is -2.47. The van der Waals surface area contributed by atoms with Crippen molar-refractivity contribution in [1.82, 2.24) is 9.88 Å². The maximum absolute atomic E-state index is 14.2. The number of nitrogens with zero attached hydrogens (tertiary/aromatic N) is 1. The lowest BCUT2D eigenvalue weighted by Gasteiger charge is -2.31. The van der Waals surface area contributed by atoms with E-state index in [9.17, 15) is 26.8 Å². The van der Waals surface area contributed by atoms with Crippen LogP contribution >= 0.6 is 0 Å². The Morgan fingerprint density at radius 3 is 2.66 bits per heavy atom. The summed E-state index contributed by atoms with van der Waals surface area (Å²) >= 11 is 0. The summed E-state index contributed by atoms with van der Waals surface area (Å²) < 4.78 is 51.8. The van der Waals surface area contributed by atoms with Crippen LogP contribution in [0.3, 0.4) is 0 Å². The van der Waals surface area contributed by atoms with E-state index in [0.29, 0.717) is 12.8 Å². The van der Waals surface area contributed by atoms with Crippen molar-refractivity contribution in [2.24, 2.45) is 5.14 Å². The number of para-hydroxylation sites is 1. The maximum atomic E-state index is 14.2. The Balaban J connectivity index is 1.89. The number of benzene rings is 2. The van der Waals surface area contributed by atoms with E-state index < -0.39 is 38.2 Å². The van der Waals surface area contributed by atoms with Crippen LogP contribution in [0.15, 0.2) is 35.1 Å². The van der Waals surface area contributed by atoms with Crippen LogP contribution in [0.1, 0.15) is 23.2 Å². The molecule has 1 saturated heterocycles. The van der Waals surface area contributed by atoms with Crippen LogP contribution in [0.4, 0.5) is 8.78 Å². The number of H-pyrrole nitrogens is 1. The molecule has 1 fully saturated rings. The quantitative estimate of drug-likeness (QED) is 0.615. The fourth-order valence-corrected chi connectivity index (χ4v) is 4.64. The summed E-state index contributed by atoms with van der Waals surface area (Å²) in [4.78, 5) is 29.8. The van der Waals surface area contributed by atoms with Crippen LogP contribution < -0.4 is 10.6 Å². The normalized spacial score (nSPS) is 17.8. The maximum Gasteiger partial charge on any atom is 0.256 e. The van der Waals surface area contributed by atoms with Gasteiger partial charge < -0.3 is 9.88 Å². The van der Waals surface area contributed by atoms with Crippen molar-refractivity contribution in [3.05, 3.63) is 57.8 Å². The third kappa shape index (κ3) is 3.38. The summed E-state index contributed by atoms with van der Waals surface area (Å²) in [5.41, 5.74) is -0.872. The molecule has 0 spiro atoms. The molecule has 10 heteroatoms. The first-order chi connectivity index (χ1) is 13.7. The van der Waals surface area contributed by atoms with E-state index in [4.69, 9.17) is 5.14 Å². The zero-order chi connectivity index (χ0) is 20.9. The van der Waals surface area contributed by atoms with Gasteiger partial charge >= 0.3 is 0 Å². The van der Waals surface area contributed by atoms with Gasteiger partial charge in [0.05, 0.1) is 21.8 Å². The standard InChI is InChI=1S/C19H17F2N3O4S/c20-10-7-13-16(23-17-12(18(13)25)4-1-5-15(17)21)14(8-10)19(26)24-6-2-3-11(9-24)29(22,27)28/h1,4-5,7-8,11H,2-3,6,9H2,(H,23,25)(H2,22,27,28)/t11-/m1/s1. The molecular weight excluding hydrogens is 404 g/mol. The van der Waals surface area contributed by atoms with Gasteiger partial charge in [-0.3, -0.25) is 9.59 Å². The molecule has 1 atom stereocenters. The van der Waals surface area contributed by atoms with Crippen molar-refractivity contribution in [3.8, 4) is 0 Å². The molecular formula is C19H17F2N3O4S. The summed E-state index contributed by atoms with van der Waals surface area (Å²) in [6, 6.07) is 5.87. The Morgan fingerprint density at radius 1 is 1.17 bits per heavy atom. The second-order valence-corrected chi connectivity index (χ2v) is 8.94. The third-order valence-corrected chi connectivity index (χ3v) is 6.53. The highest BCUT2D eigenvalue weighted by Gasteiger charge is 2.32. The molecule has 0 aliphatic carbocycles. The van der Waals surface area contributed by atoms with Crippen molar-refractivity contribution < 1.29 is 22.0 Å². The molecule has 0 unspecified atom stereocenters. The van der Waals surface area contributed by atoms with E-state index in [0.717, 1.165) is 18.2 Å². The Bertz CT molecular complexity index is 1320. The zero-order valence-electron chi connectivity index (χ0n) is 15.1. The SMILES string of the molecule is NS(=O)(=O)[C@@H]1CCCN(C(=O)c2cc(F)cc3c(=O)c4cccc(F)c4[nH]c23)C1. The number of likely N-dealkylation sites (tertiary alicyclic amines) is 1. The average molecular weight is 421 g/mol. The van der Waals surface area contributed by atoms with Crippen molar-refractivity contribution >= 4 is 37.7 Å². The second kappa shape index (κ2) is 6.89. The topological polar surface area (TPSA) is 113 Å². The number of hydrogen-bond donors (Lipinski definition) is 2. The predicted octanol–water partition coefficient (Wildman–Crippen LogP) is 1.85. The summed E-state index contributed by atoms with van der Waals surface area (Å²) in [7, 11) is -3.84. The van der Waals surface area contributed by atoms with Gasteiger partial charge in [0.2, 0.25) is 10.0 Å². The molecule has 1 aliphatic heterocycles. The Hall–Kier alpha value is -2.85. The van der Waals surface area contributed by atoms with E-state index in [1.54, 1.807) is 0 Å². The molecule has 1 aromatic heterocycles. The lowest BCUT2D eigenvalue weighted by molar-refractivity contribution is 0.0728. The number of sulfonamides is 1. The second-order valence-electron chi connectivity index (χ2n) is 7.10. The molecule has 1 aliphatic rings. The molecule has 3 N–H and O–H groups in total. The van der Waals surface area contributed by atoms with Crippen molar-refractivity contribution in [2.45, 2.75) is 18.1 Å². The number of aromatic amines is 1. The number of nitrogens with two attached hydrogens (primary N) is 1. The molecule has 2 heterocycles. The Labute approximate surface area is 164 Å². The van der Waals surface area contributed by atoms with Gasteiger partial charge in [0.15, 0.2) is 5.43 Å². The Morgan fingerprint density at radius 2 is 1.93 bits per heavy atom. The number of primary sulfonamides is 1. The number of fused-ring (bicyclic) bond motifs is 2. The van der Waals surface area contributed by atoms with E-state index in [2.05, 4.69) is 4.98 Å². The van der Waals surface area contributed by atoms with Crippen molar-refractivity contribution in [3.63, 3.8) is 0 Å². The summed E-state index contributed by atoms with van der Waals surface area (Å²) in [5, 5.41) is 4.24. The summed E-state index contributed by atoms with van der Waals surface area (Å²) in [6.07, 6.45) is 0.730. The Kier molecular flexibility index (Phi) is 4.62. The van der Waals surface area contributed by atoms with Gasteiger partial charge in [-0.15, -0.1) is 0 Å². The van der Waals surface area contributed by atoms with E-state index in [1.165, 1.54) is 17.0 Å². The van der Waals surface area contributed by atoms with Crippen LogP contribution in [0, 0.1) is 11.6 Å². The highest BCUT2D eigenvalue weighted by molar-refractivity contribution is 7.89. The molecule has 3 aromatic rings. The number of hydrogen-bond acceptors (Lipinski definition) is 4. The van der Waals surface area contributed by atoms with Gasteiger partial charge in [-0.1, -0.05) is 6.07 Å². The number of piperidine rings is 1. The number of halogens is 2. The minimum Gasteiger partial charge on any atom is -0.351 e. The first-order valence-electron chi connectivity index (χ1n) is 8.91. The largest absolute Gasteiger partial charge is 0.351 e. The monoisotopic (exact) mass is 421 g/mol. The van der Waals surface area contributed by atoms with Gasteiger partial charge in [0.1, 0.15) is 11.6 Å². The van der Waals surface area contributed by atoms with Crippen molar-refractivity contribution in [1.29, 1.82) is 0 Å². The smallest absolute Gasteiger partial charge is 0.256 e. The fourth-order valence-electron chi connectivity index (χ4n) is 3.76. The summed E-state index contributed by atoms with van der Waals surface area (Å²) in [6.45, 7) is 0.122. The lowest BCUT2D eigenvalue weighted by atomic mass is 10.0. The van der Waals surface area contributed by atoms with Gasteiger partial charge in [-0.25, -0.2) is 22.3 Å². The van der Waals surface area contributed by atoms with Crippen molar-refractivity contribution in [2.75, 3.05) is 13.1 Å². The molecule has 29 heavy (non-hydrogen) atoms. The number of amides is 1. The van der Waals surface area contributed by atoms with Crippen LogP contribution in [0.5, 0.6) is 0 Å². The van der Waals surface area contributed by atoms with E-state index in [-0.39, 0.29) is 40.5 Å². The first kappa shape index (κ1) is 19.5. The van der Waals surface area contributed by atoms with E-state index >= 15 is 0 Å². The number of carbonyl (C=O) groups is 1. The molecule has 0 bridgehead atoms. The highest BCUT2D eigenvalue weighted by Crippen LogP contribution is 2.24. The minimum absolute atomic E-state index is 0.00303. The number of carbonyl (C=O) groups excluding carboxylic acids is 1. The molecule has 0 radical (unpaired) electrons. The van der Waals surface area contributed by atoms with Crippen LogP contribution in [0.2, 0.25) is 0 Å². The number of aromatic nitrogens is 1. The van der Waals surface area contributed by atoms with Gasteiger partial charge in [-0.05, 0) is 37.1 Å². The molecule has 1 amide bonds. The average Bonchev–Trinajstić information content (AvgIpc) is 2.68. The minimum atomic E-state index is -3.84. The third-order valence-electron chi connectivity index (χ3n) is 5.22. The van der Waals surface area contributed by atoms with E-state index in [1.807, 2.05) is 0 Å². The molecule has 0 saturated carbocycles. The first-order valence-corrected chi connectivity index (χ1v) is 10.5. The highest BCUT2D eigenvalue weighted by atomic mass is 32.2. The van der Waals surface area contributed by atoms with Crippen LogP contribution in [-0.2, 0) is 10.0 Å². The molecule has 7 nitrogen and oxygen atoms in total. The molecule has 2 aromatic carbocycles. The fraction of sp³-hybridized carbons (Fsp3) is 0.263. The number of nitrogens with one attached hydrogen (secondary N) is 1. The molecule has 152 valence electrons. The molecule has 4 rings (SSSR count). The predicted molar refractivity (Wildman–Crippen MR) is 104 cm³/mol. The summed E-state index contributed by atoms with van der Waals surface area (Å²) in [5.74, 6) is -2.15. The van der Waals surface area contributed by atoms with Crippen LogP contribution in [0.25, 0.3) is 21.8 Å². The zero-order valence-corrected chi connectivity index (χ0v) is 15.9. The van der Waals surface area contributed by atoms with Gasteiger partial charge in [-0.2, -0.15) is 0 Å².